The van der Waals surface area contributed by atoms with Crippen LogP contribution in [0.25, 0.3) is 0 Å². The molecule has 0 atom stereocenters. The van der Waals surface area contributed by atoms with Gasteiger partial charge in [-0.25, -0.2) is 0 Å². The van der Waals surface area contributed by atoms with Crippen LogP contribution >= 0.6 is 11.6 Å². The minimum Gasteiger partial charge on any atom is -0.368 e. The first kappa shape index (κ1) is 15.1. The van der Waals surface area contributed by atoms with Gasteiger partial charge < -0.3 is 10.6 Å². The first-order valence-electron chi connectivity index (χ1n) is 8.20. The molecular weight excluding hydrogens is 282 g/mol. The van der Waals surface area contributed by atoms with Gasteiger partial charge in [-0.15, -0.1) is 0 Å². The predicted octanol–water partition coefficient (Wildman–Crippen LogP) is 2.98. The van der Waals surface area contributed by atoms with Gasteiger partial charge in [0.2, 0.25) is 0 Å². The number of rotatable bonds is 3. The van der Waals surface area contributed by atoms with Crippen molar-refractivity contribution in [2.75, 3.05) is 37.6 Å². The van der Waals surface area contributed by atoms with Crippen molar-refractivity contribution >= 4 is 17.3 Å². The summed E-state index contributed by atoms with van der Waals surface area (Å²) in [7, 11) is 0. The summed E-state index contributed by atoms with van der Waals surface area (Å²) in [4.78, 5) is 5.03. The molecule has 4 heteroatoms. The second kappa shape index (κ2) is 6.99. The Bertz CT molecular complexity index is 449. The third-order valence-corrected chi connectivity index (χ3v) is 5.29. The van der Waals surface area contributed by atoms with Gasteiger partial charge >= 0.3 is 0 Å². The molecule has 3 rings (SSSR count). The number of piperazine rings is 1. The van der Waals surface area contributed by atoms with Crippen LogP contribution in [0.2, 0.25) is 5.02 Å². The standard InChI is InChI=1S/C17H26ClN3/c18-16-3-1-2-4-17(16)21-11-9-20(10-12-21)13-14-5-7-15(19)8-6-14/h1-4,14-15H,5-13,19H2. The van der Waals surface area contributed by atoms with E-state index in [4.69, 9.17) is 17.3 Å². The fourth-order valence-corrected chi connectivity index (χ4v) is 3.87. The average Bonchev–Trinajstić information content (AvgIpc) is 2.51. The monoisotopic (exact) mass is 307 g/mol. The van der Waals surface area contributed by atoms with E-state index in [-0.39, 0.29) is 0 Å². The van der Waals surface area contributed by atoms with Crippen molar-refractivity contribution in [3.05, 3.63) is 29.3 Å². The highest BCUT2D eigenvalue weighted by Crippen LogP contribution is 2.27. The second-order valence-corrected chi connectivity index (χ2v) is 6.93. The highest BCUT2D eigenvalue weighted by Gasteiger charge is 2.24. The molecule has 116 valence electrons. The summed E-state index contributed by atoms with van der Waals surface area (Å²) in [5.74, 6) is 0.858. The van der Waals surface area contributed by atoms with Crippen LogP contribution in [0.3, 0.4) is 0 Å². The molecule has 1 aliphatic carbocycles. The van der Waals surface area contributed by atoms with Gasteiger partial charge in [0.1, 0.15) is 0 Å². The molecule has 1 aromatic rings. The summed E-state index contributed by atoms with van der Waals surface area (Å²) in [6.45, 7) is 5.70. The molecule has 1 aliphatic heterocycles. The van der Waals surface area contributed by atoms with E-state index in [1.807, 2.05) is 12.1 Å². The number of nitrogens with two attached hydrogens (primary N) is 1. The Kier molecular flexibility index (Phi) is 5.04. The molecule has 1 aromatic carbocycles. The Labute approximate surface area is 133 Å². The van der Waals surface area contributed by atoms with Crippen LogP contribution in [0.1, 0.15) is 25.7 Å². The fourth-order valence-electron chi connectivity index (χ4n) is 3.62. The first-order chi connectivity index (χ1) is 10.2. The van der Waals surface area contributed by atoms with E-state index in [0.717, 1.165) is 37.1 Å². The van der Waals surface area contributed by atoms with E-state index in [0.29, 0.717) is 6.04 Å². The Balaban J connectivity index is 1.48. The van der Waals surface area contributed by atoms with E-state index in [2.05, 4.69) is 21.9 Å². The van der Waals surface area contributed by atoms with Crippen molar-refractivity contribution in [1.29, 1.82) is 0 Å². The minimum atomic E-state index is 0.457. The highest BCUT2D eigenvalue weighted by atomic mass is 35.5. The molecule has 1 heterocycles. The van der Waals surface area contributed by atoms with Gasteiger partial charge in [-0.2, -0.15) is 0 Å². The van der Waals surface area contributed by atoms with Crippen LogP contribution in [0.4, 0.5) is 5.69 Å². The molecule has 1 saturated carbocycles. The lowest BCUT2D eigenvalue weighted by Gasteiger charge is -2.39. The van der Waals surface area contributed by atoms with E-state index in [9.17, 15) is 0 Å². The fraction of sp³-hybridized carbons (Fsp3) is 0.647. The quantitative estimate of drug-likeness (QED) is 0.932. The third kappa shape index (κ3) is 3.91. The first-order valence-corrected chi connectivity index (χ1v) is 8.57. The maximum atomic E-state index is 6.30. The highest BCUT2D eigenvalue weighted by molar-refractivity contribution is 6.33. The lowest BCUT2D eigenvalue weighted by atomic mass is 9.86. The van der Waals surface area contributed by atoms with Gasteiger partial charge in [-0.3, -0.25) is 4.90 Å². The van der Waals surface area contributed by atoms with Crippen LogP contribution in [0.15, 0.2) is 24.3 Å². The molecule has 0 aromatic heterocycles. The van der Waals surface area contributed by atoms with Gasteiger partial charge in [0.25, 0.3) is 0 Å². The molecular formula is C17H26ClN3. The molecule has 0 unspecified atom stereocenters. The largest absolute Gasteiger partial charge is 0.368 e. The van der Waals surface area contributed by atoms with Crippen molar-refractivity contribution in [1.82, 2.24) is 4.90 Å². The summed E-state index contributed by atoms with van der Waals surface area (Å²) in [6, 6.07) is 8.63. The van der Waals surface area contributed by atoms with Gasteiger partial charge in [-0.05, 0) is 43.7 Å². The molecule has 2 aliphatic rings. The van der Waals surface area contributed by atoms with Gasteiger partial charge in [0.15, 0.2) is 0 Å². The zero-order valence-electron chi connectivity index (χ0n) is 12.7. The molecule has 2 fully saturated rings. The lowest BCUT2D eigenvalue weighted by molar-refractivity contribution is 0.186. The smallest absolute Gasteiger partial charge is 0.0639 e. The van der Waals surface area contributed by atoms with Crippen LogP contribution in [0, 0.1) is 5.92 Å². The van der Waals surface area contributed by atoms with Crippen molar-refractivity contribution in [2.24, 2.45) is 11.7 Å². The van der Waals surface area contributed by atoms with Gasteiger partial charge in [-0.1, -0.05) is 23.7 Å². The normalized spacial score (nSPS) is 27.8. The molecule has 2 N–H and O–H groups in total. The zero-order valence-corrected chi connectivity index (χ0v) is 13.4. The van der Waals surface area contributed by atoms with E-state index >= 15 is 0 Å². The summed E-state index contributed by atoms with van der Waals surface area (Å²) < 4.78 is 0. The minimum absolute atomic E-state index is 0.457. The van der Waals surface area contributed by atoms with Crippen molar-refractivity contribution in [3.8, 4) is 0 Å². The number of nitrogens with zero attached hydrogens (tertiary/aromatic N) is 2. The number of halogens is 1. The molecule has 0 amide bonds. The van der Waals surface area contributed by atoms with E-state index in [1.54, 1.807) is 0 Å². The molecule has 21 heavy (non-hydrogen) atoms. The van der Waals surface area contributed by atoms with Crippen LogP contribution in [0.5, 0.6) is 0 Å². The third-order valence-electron chi connectivity index (χ3n) is 4.97. The molecule has 1 saturated heterocycles. The van der Waals surface area contributed by atoms with Crippen LogP contribution in [-0.4, -0.2) is 43.7 Å². The number of hydrogen-bond donors (Lipinski definition) is 1. The predicted molar refractivity (Wildman–Crippen MR) is 90.0 cm³/mol. The Morgan fingerprint density at radius 2 is 1.67 bits per heavy atom. The van der Waals surface area contributed by atoms with Crippen molar-refractivity contribution < 1.29 is 0 Å². The maximum Gasteiger partial charge on any atom is 0.0639 e. The summed E-state index contributed by atoms with van der Waals surface area (Å²) in [6.07, 6.45) is 5.05. The van der Waals surface area contributed by atoms with Crippen molar-refractivity contribution in [2.45, 2.75) is 31.7 Å². The summed E-state index contributed by atoms with van der Waals surface area (Å²) in [5.41, 5.74) is 7.18. The number of benzene rings is 1. The Morgan fingerprint density at radius 3 is 2.33 bits per heavy atom. The Morgan fingerprint density at radius 1 is 1.00 bits per heavy atom. The Hall–Kier alpha value is -0.770. The molecule has 0 bridgehead atoms. The zero-order chi connectivity index (χ0) is 14.7. The van der Waals surface area contributed by atoms with E-state index in [1.165, 1.54) is 37.9 Å². The average molecular weight is 308 g/mol. The topological polar surface area (TPSA) is 32.5 Å². The van der Waals surface area contributed by atoms with Crippen molar-refractivity contribution in [3.63, 3.8) is 0 Å². The molecule has 0 radical (unpaired) electrons. The SMILES string of the molecule is NC1CCC(CN2CCN(c3ccccc3Cl)CC2)CC1. The van der Waals surface area contributed by atoms with Crippen LogP contribution < -0.4 is 10.6 Å². The molecule has 3 nitrogen and oxygen atoms in total. The molecule has 0 spiro atoms. The lowest BCUT2D eigenvalue weighted by Crippen LogP contribution is -2.48. The summed E-state index contributed by atoms with van der Waals surface area (Å²) >= 11 is 6.30. The second-order valence-electron chi connectivity index (χ2n) is 6.52. The number of anilines is 1. The van der Waals surface area contributed by atoms with E-state index < -0.39 is 0 Å². The number of hydrogen-bond acceptors (Lipinski definition) is 3. The maximum absolute atomic E-state index is 6.30. The van der Waals surface area contributed by atoms with Gasteiger partial charge in [0.05, 0.1) is 10.7 Å². The van der Waals surface area contributed by atoms with Crippen LogP contribution in [-0.2, 0) is 0 Å². The number of para-hydroxylation sites is 1. The van der Waals surface area contributed by atoms with Gasteiger partial charge in [0, 0.05) is 38.8 Å². The summed E-state index contributed by atoms with van der Waals surface area (Å²) in [5, 5.41) is 0.868.